The van der Waals surface area contributed by atoms with Gasteiger partial charge in [-0.3, -0.25) is 0 Å². The second-order valence-electron chi connectivity index (χ2n) is 6.69. The van der Waals surface area contributed by atoms with Crippen molar-refractivity contribution in [3.05, 3.63) is 0 Å². The fourth-order valence-corrected chi connectivity index (χ4v) is 7.21. The third-order valence-corrected chi connectivity index (χ3v) is 9.20. The highest BCUT2D eigenvalue weighted by molar-refractivity contribution is 8.03. The molecule has 0 N–H and O–H groups in total. The van der Waals surface area contributed by atoms with Gasteiger partial charge in [-0.25, -0.2) is 0 Å². The monoisotopic (exact) mass is 408 g/mol. The molecule has 0 saturated carbocycles. The third kappa shape index (κ3) is 18.2. The summed E-state index contributed by atoms with van der Waals surface area (Å²) < 4.78 is 0. The van der Waals surface area contributed by atoms with E-state index < -0.39 is 0 Å². The van der Waals surface area contributed by atoms with E-state index in [4.69, 9.17) is 0 Å². The molecular formula is C20H40S4. The minimum atomic E-state index is 1.37. The molecule has 1 rings (SSSR count). The summed E-state index contributed by atoms with van der Waals surface area (Å²) in [4.78, 5) is 0. The largest absolute Gasteiger partial charge is 0.161 e. The van der Waals surface area contributed by atoms with Crippen LogP contribution in [0.1, 0.15) is 77.0 Å². The zero-order valence-electron chi connectivity index (χ0n) is 15.8. The van der Waals surface area contributed by atoms with E-state index in [9.17, 15) is 0 Å². The van der Waals surface area contributed by atoms with E-state index >= 15 is 0 Å². The zero-order chi connectivity index (χ0) is 17.0. The average Bonchev–Trinajstić information content (AvgIpc) is 2.59. The zero-order valence-corrected chi connectivity index (χ0v) is 19.0. The first kappa shape index (κ1) is 23.4. The summed E-state index contributed by atoms with van der Waals surface area (Å²) >= 11 is 8.74. The van der Waals surface area contributed by atoms with Gasteiger partial charge in [-0.15, -0.1) is 0 Å². The first-order valence-corrected chi connectivity index (χ1v) is 14.9. The van der Waals surface area contributed by atoms with E-state index in [-0.39, 0.29) is 0 Å². The molecule has 1 aliphatic rings. The molecule has 24 heavy (non-hydrogen) atoms. The fraction of sp³-hybridized carbons (Fsp3) is 1.00. The first-order valence-electron chi connectivity index (χ1n) is 10.3. The van der Waals surface area contributed by atoms with Crippen LogP contribution in [-0.4, -0.2) is 46.0 Å². The summed E-state index contributed by atoms with van der Waals surface area (Å²) in [6, 6.07) is 0. The van der Waals surface area contributed by atoms with Crippen LogP contribution in [0.3, 0.4) is 0 Å². The Morgan fingerprint density at radius 3 is 0.667 bits per heavy atom. The van der Waals surface area contributed by atoms with Gasteiger partial charge in [0.25, 0.3) is 0 Å². The number of rotatable bonds is 0. The topological polar surface area (TPSA) is 0 Å². The summed E-state index contributed by atoms with van der Waals surface area (Å²) in [5.74, 6) is 11.1. The molecule has 1 aliphatic heterocycles. The number of thioether (sulfide) groups is 4. The molecule has 0 bridgehead atoms. The van der Waals surface area contributed by atoms with Crippen LogP contribution in [0.2, 0.25) is 0 Å². The molecule has 0 amide bonds. The normalized spacial score (nSPS) is 24.0. The number of hydrogen-bond donors (Lipinski definition) is 0. The van der Waals surface area contributed by atoms with E-state index in [0.29, 0.717) is 0 Å². The van der Waals surface area contributed by atoms with Crippen molar-refractivity contribution in [2.75, 3.05) is 46.0 Å². The Morgan fingerprint density at radius 2 is 0.417 bits per heavy atom. The van der Waals surface area contributed by atoms with Gasteiger partial charge in [-0.1, -0.05) is 51.4 Å². The van der Waals surface area contributed by atoms with Crippen molar-refractivity contribution >= 4 is 47.0 Å². The smallest absolute Gasteiger partial charge is 0.00235 e. The van der Waals surface area contributed by atoms with E-state index in [1.165, 1.54) is 123 Å². The average molecular weight is 409 g/mol. The van der Waals surface area contributed by atoms with Crippen molar-refractivity contribution in [1.82, 2.24) is 0 Å². The maximum absolute atomic E-state index is 2.19. The van der Waals surface area contributed by atoms with Gasteiger partial charge >= 0.3 is 0 Å². The van der Waals surface area contributed by atoms with Gasteiger partial charge < -0.3 is 0 Å². The molecule has 0 spiro atoms. The minimum Gasteiger partial charge on any atom is -0.161 e. The van der Waals surface area contributed by atoms with Gasteiger partial charge in [0.15, 0.2) is 0 Å². The van der Waals surface area contributed by atoms with Crippen molar-refractivity contribution in [3.63, 3.8) is 0 Å². The van der Waals surface area contributed by atoms with Crippen LogP contribution in [0.25, 0.3) is 0 Å². The molecular weight excluding hydrogens is 368 g/mol. The molecule has 0 aliphatic carbocycles. The summed E-state index contributed by atoms with van der Waals surface area (Å²) in [6.07, 6.45) is 17.5. The summed E-state index contributed by atoms with van der Waals surface area (Å²) in [5, 5.41) is 0. The molecule has 0 radical (unpaired) electrons. The molecule has 144 valence electrons. The molecule has 1 fully saturated rings. The van der Waals surface area contributed by atoms with E-state index in [1.807, 2.05) is 0 Å². The van der Waals surface area contributed by atoms with Crippen LogP contribution >= 0.6 is 47.0 Å². The fourth-order valence-electron chi connectivity index (χ4n) is 2.87. The van der Waals surface area contributed by atoms with Crippen molar-refractivity contribution in [1.29, 1.82) is 0 Å². The van der Waals surface area contributed by atoms with Gasteiger partial charge in [-0.2, -0.15) is 47.0 Å². The lowest BCUT2D eigenvalue weighted by Gasteiger charge is -2.05. The molecule has 0 atom stereocenters. The standard InChI is InChI=1S/C20H40S4/c1-2-6-10-14-22-19-20-24-16-12-8-4-3-7-11-15-23-18-17-21-13-9-5-1/h1-20H2. The molecule has 1 saturated heterocycles. The SMILES string of the molecule is C1CCCCSCCSCCCCCCCCSCCSCCC1. The Balaban J connectivity index is 2.00. The lowest BCUT2D eigenvalue weighted by molar-refractivity contribution is 0.629. The summed E-state index contributed by atoms with van der Waals surface area (Å²) in [5.41, 5.74) is 0. The minimum absolute atomic E-state index is 1.37. The van der Waals surface area contributed by atoms with E-state index in [2.05, 4.69) is 47.0 Å². The Hall–Kier alpha value is 1.40. The van der Waals surface area contributed by atoms with Gasteiger partial charge in [0, 0.05) is 23.0 Å². The molecule has 0 aromatic heterocycles. The predicted octanol–water partition coefficient (Wildman–Crippen LogP) is 7.61. The quantitative estimate of drug-likeness (QED) is 0.404. The van der Waals surface area contributed by atoms with Crippen molar-refractivity contribution < 1.29 is 0 Å². The van der Waals surface area contributed by atoms with E-state index in [1.54, 1.807) is 0 Å². The highest BCUT2D eigenvalue weighted by Gasteiger charge is 1.97. The second kappa shape index (κ2) is 20.7. The lowest BCUT2D eigenvalue weighted by Crippen LogP contribution is -1.92. The summed E-state index contributed by atoms with van der Waals surface area (Å²) in [6.45, 7) is 0. The molecule has 0 aromatic rings. The van der Waals surface area contributed by atoms with Crippen molar-refractivity contribution in [2.24, 2.45) is 0 Å². The maximum atomic E-state index is 2.19. The Morgan fingerprint density at radius 1 is 0.208 bits per heavy atom. The van der Waals surface area contributed by atoms with Crippen LogP contribution in [0.5, 0.6) is 0 Å². The van der Waals surface area contributed by atoms with Crippen LogP contribution in [0, 0.1) is 0 Å². The Labute approximate surface area is 169 Å². The Bertz CT molecular complexity index is 126. The third-order valence-electron chi connectivity index (χ3n) is 4.40. The maximum Gasteiger partial charge on any atom is 0.00235 e. The molecule has 0 aromatic carbocycles. The van der Waals surface area contributed by atoms with Gasteiger partial charge in [-0.05, 0) is 48.7 Å². The van der Waals surface area contributed by atoms with Gasteiger partial charge in [0.05, 0.1) is 0 Å². The van der Waals surface area contributed by atoms with Crippen molar-refractivity contribution in [3.8, 4) is 0 Å². The van der Waals surface area contributed by atoms with Gasteiger partial charge in [0.1, 0.15) is 0 Å². The van der Waals surface area contributed by atoms with E-state index in [0.717, 1.165) is 0 Å². The summed E-state index contributed by atoms with van der Waals surface area (Å²) in [7, 11) is 0. The van der Waals surface area contributed by atoms with Crippen molar-refractivity contribution in [2.45, 2.75) is 77.0 Å². The van der Waals surface area contributed by atoms with Gasteiger partial charge in [0.2, 0.25) is 0 Å². The highest BCUT2D eigenvalue weighted by atomic mass is 32.2. The molecule has 4 heteroatoms. The highest BCUT2D eigenvalue weighted by Crippen LogP contribution is 2.16. The van der Waals surface area contributed by atoms with Crippen LogP contribution in [0.4, 0.5) is 0 Å². The van der Waals surface area contributed by atoms with Crippen LogP contribution in [-0.2, 0) is 0 Å². The Kier molecular flexibility index (Phi) is 20.2. The second-order valence-corrected chi connectivity index (χ2v) is 11.6. The van der Waals surface area contributed by atoms with Crippen LogP contribution < -0.4 is 0 Å². The first-order chi connectivity index (χ1) is 12.0. The molecule has 0 nitrogen and oxygen atoms in total. The molecule has 0 unspecified atom stereocenters. The number of hydrogen-bond acceptors (Lipinski definition) is 4. The van der Waals surface area contributed by atoms with Crippen LogP contribution in [0.15, 0.2) is 0 Å². The molecule has 1 heterocycles. The predicted molar refractivity (Wildman–Crippen MR) is 125 cm³/mol. The lowest BCUT2D eigenvalue weighted by atomic mass is 10.1.